The van der Waals surface area contributed by atoms with Crippen LogP contribution in [0.5, 0.6) is 0 Å². The second-order valence-electron chi connectivity index (χ2n) is 6.18. The zero-order valence-electron chi connectivity index (χ0n) is 15.1. The van der Waals surface area contributed by atoms with E-state index in [0.717, 1.165) is 27.8 Å². The number of halogens is 2. The molecular weight excluding hydrogens is 441 g/mol. The molecule has 0 amide bonds. The minimum Gasteiger partial charge on any atom is -0.317 e. The lowest BCUT2D eigenvalue weighted by atomic mass is 10.1. The SMILES string of the molecule is CCc1nn2ccc(Br)cc2c1N(C)c1nc(-c2ccc(F)cc2)c(C#N)s1. The van der Waals surface area contributed by atoms with Gasteiger partial charge in [-0.3, -0.25) is 0 Å². The number of pyridine rings is 1. The van der Waals surface area contributed by atoms with Crippen LogP contribution in [0.4, 0.5) is 15.2 Å². The molecule has 0 saturated carbocycles. The molecule has 1 aromatic carbocycles. The highest BCUT2D eigenvalue weighted by Crippen LogP contribution is 2.38. The molecule has 0 aliphatic rings. The third-order valence-electron chi connectivity index (χ3n) is 4.43. The van der Waals surface area contributed by atoms with Crippen molar-refractivity contribution in [3.63, 3.8) is 0 Å². The van der Waals surface area contributed by atoms with Crippen molar-refractivity contribution in [2.75, 3.05) is 11.9 Å². The van der Waals surface area contributed by atoms with Crippen molar-refractivity contribution in [2.45, 2.75) is 13.3 Å². The number of fused-ring (bicyclic) bond motifs is 1. The van der Waals surface area contributed by atoms with E-state index in [1.54, 1.807) is 12.1 Å². The Kier molecular flexibility index (Phi) is 4.87. The minimum atomic E-state index is -0.320. The number of rotatable bonds is 4. The van der Waals surface area contributed by atoms with Crippen LogP contribution in [-0.2, 0) is 6.42 Å². The van der Waals surface area contributed by atoms with Gasteiger partial charge in [0.1, 0.15) is 22.5 Å². The first kappa shape index (κ1) is 18.6. The molecule has 0 radical (unpaired) electrons. The Bertz CT molecular complexity index is 1210. The molecule has 0 aliphatic heterocycles. The molecular formula is C20H15BrFN5S. The number of thiazole rings is 1. The van der Waals surface area contributed by atoms with Crippen molar-refractivity contribution in [2.24, 2.45) is 0 Å². The average molecular weight is 456 g/mol. The van der Waals surface area contributed by atoms with Gasteiger partial charge in [-0.2, -0.15) is 10.4 Å². The Balaban J connectivity index is 1.84. The molecule has 28 heavy (non-hydrogen) atoms. The molecule has 0 fully saturated rings. The lowest BCUT2D eigenvalue weighted by Gasteiger charge is -2.16. The van der Waals surface area contributed by atoms with Crippen molar-refractivity contribution in [1.82, 2.24) is 14.6 Å². The van der Waals surface area contributed by atoms with Crippen LogP contribution in [0.15, 0.2) is 47.1 Å². The lowest BCUT2D eigenvalue weighted by Crippen LogP contribution is -2.10. The van der Waals surface area contributed by atoms with E-state index in [1.165, 1.54) is 23.5 Å². The molecule has 8 heteroatoms. The first-order valence-corrected chi connectivity index (χ1v) is 10.2. The summed E-state index contributed by atoms with van der Waals surface area (Å²) >= 11 is 4.83. The molecule has 0 N–H and O–H groups in total. The Hall–Kier alpha value is -2.76. The summed E-state index contributed by atoms with van der Waals surface area (Å²) in [5.41, 5.74) is 4.12. The topological polar surface area (TPSA) is 57.2 Å². The second kappa shape index (κ2) is 7.34. The predicted molar refractivity (Wildman–Crippen MR) is 113 cm³/mol. The lowest BCUT2D eigenvalue weighted by molar-refractivity contribution is 0.628. The van der Waals surface area contributed by atoms with E-state index >= 15 is 0 Å². The number of nitrogens with zero attached hydrogens (tertiary/aromatic N) is 5. The van der Waals surface area contributed by atoms with Gasteiger partial charge in [-0.25, -0.2) is 13.9 Å². The summed E-state index contributed by atoms with van der Waals surface area (Å²) in [5.74, 6) is -0.320. The van der Waals surface area contributed by atoms with Crippen LogP contribution in [0.3, 0.4) is 0 Å². The van der Waals surface area contributed by atoms with Crippen LogP contribution >= 0.6 is 27.3 Å². The number of nitriles is 1. The van der Waals surface area contributed by atoms with Gasteiger partial charge in [0.15, 0.2) is 5.13 Å². The minimum absolute atomic E-state index is 0.320. The Morgan fingerprint density at radius 3 is 2.71 bits per heavy atom. The average Bonchev–Trinajstić information content (AvgIpc) is 3.29. The molecule has 0 unspecified atom stereocenters. The van der Waals surface area contributed by atoms with E-state index in [4.69, 9.17) is 4.98 Å². The van der Waals surface area contributed by atoms with Gasteiger partial charge in [-0.05, 0) is 42.8 Å². The fraction of sp³-hybridized carbons (Fsp3) is 0.150. The molecule has 3 aromatic heterocycles. The molecule has 140 valence electrons. The van der Waals surface area contributed by atoms with Crippen molar-refractivity contribution in [1.29, 1.82) is 5.26 Å². The van der Waals surface area contributed by atoms with E-state index in [0.29, 0.717) is 21.3 Å². The molecule has 0 saturated heterocycles. The second-order valence-corrected chi connectivity index (χ2v) is 8.07. The molecule has 5 nitrogen and oxygen atoms in total. The maximum Gasteiger partial charge on any atom is 0.191 e. The number of benzene rings is 1. The normalized spacial score (nSPS) is 11.0. The zero-order valence-corrected chi connectivity index (χ0v) is 17.6. The standard InChI is InChI=1S/C20H15BrFN5S/c1-3-15-19(16-10-13(21)8-9-27(16)25-15)26(2)20-24-18(17(11-23)28-20)12-4-6-14(22)7-5-12/h4-10H,3H2,1-2H3. The molecule has 4 rings (SSSR count). The molecule has 0 atom stereocenters. The van der Waals surface area contributed by atoms with E-state index in [1.807, 2.05) is 34.8 Å². The number of anilines is 2. The monoisotopic (exact) mass is 455 g/mol. The van der Waals surface area contributed by atoms with Gasteiger partial charge in [0.2, 0.25) is 0 Å². The molecule has 0 spiro atoms. The van der Waals surface area contributed by atoms with Crippen molar-refractivity contribution < 1.29 is 4.39 Å². The van der Waals surface area contributed by atoms with Gasteiger partial charge < -0.3 is 4.90 Å². The summed E-state index contributed by atoms with van der Waals surface area (Å²) in [6.45, 7) is 2.06. The summed E-state index contributed by atoms with van der Waals surface area (Å²) < 4.78 is 16.1. The zero-order chi connectivity index (χ0) is 19.8. The number of aromatic nitrogens is 3. The van der Waals surface area contributed by atoms with Crippen molar-refractivity contribution in [3.8, 4) is 17.3 Å². The summed E-state index contributed by atoms with van der Waals surface area (Å²) in [5, 5.41) is 14.9. The van der Waals surface area contributed by atoms with Crippen molar-refractivity contribution >= 4 is 43.6 Å². The first-order chi connectivity index (χ1) is 13.5. The quantitative estimate of drug-likeness (QED) is 0.404. The van der Waals surface area contributed by atoms with Crippen LogP contribution in [-0.4, -0.2) is 21.6 Å². The third-order valence-corrected chi connectivity index (χ3v) is 5.96. The summed E-state index contributed by atoms with van der Waals surface area (Å²) in [7, 11) is 1.92. The fourth-order valence-corrected chi connectivity index (χ4v) is 4.28. The molecule has 4 aromatic rings. The Morgan fingerprint density at radius 1 is 1.29 bits per heavy atom. The highest BCUT2D eigenvalue weighted by atomic mass is 79.9. The van der Waals surface area contributed by atoms with Gasteiger partial charge in [0.05, 0.1) is 16.9 Å². The molecule has 0 aliphatic carbocycles. The largest absolute Gasteiger partial charge is 0.317 e. The van der Waals surface area contributed by atoms with Gasteiger partial charge in [-0.1, -0.05) is 34.2 Å². The first-order valence-electron chi connectivity index (χ1n) is 8.59. The van der Waals surface area contributed by atoms with Crippen LogP contribution in [0.25, 0.3) is 16.8 Å². The van der Waals surface area contributed by atoms with Crippen LogP contribution < -0.4 is 4.90 Å². The predicted octanol–water partition coefficient (Wildman–Crippen LogP) is 5.56. The van der Waals surface area contributed by atoms with Crippen LogP contribution in [0, 0.1) is 17.1 Å². The fourth-order valence-electron chi connectivity index (χ4n) is 3.09. The molecule has 3 heterocycles. The Morgan fingerprint density at radius 2 is 2.04 bits per heavy atom. The third kappa shape index (κ3) is 3.17. The van der Waals surface area contributed by atoms with E-state index in [9.17, 15) is 9.65 Å². The van der Waals surface area contributed by atoms with E-state index < -0.39 is 0 Å². The number of hydrogen-bond donors (Lipinski definition) is 0. The Labute approximate surface area is 173 Å². The van der Waals surface area contributed by atoms with Crippen molar-refractivity contribution in [3.05, 3.63) is 63.5 Å². The molecule has 0 bridgehead atoms. The maximum atomic E-state index is 13.3. The van der Waals surface area contributed by atoms with E-state index in [2.05, 4.69) is 34.0 Å². The van der Waals surface area contributed by atoms with Gasteiger partial charge in [0, 0.05) is 23.3 Å². The highest BCUT2D eigenvalue weighted by Gasteiger charge is 2.22. The maximum absolute atomic E-state index is 13.3. The summed E-state index contributed by atoms with van der Waals surface area (Å²) in [6, 6.07) is 12.2. The smallest absolute Gasteiger partial charge is 0.191 e. The number of hydrogen-bond acceptors (Lipinski definition) is 5. The number of aryl methyl sites for hydroxylation is 1. The van der Waals surface area contributed by atoms with Gasteiger partial charge in [-0.15, -0.1) is 0 Å². The van der Waals surface area contributed by atoms with Crippen LogP contribution in [0.2, 0.25) is 0 Å². The van der Waals surface area contributed by atoms with Gasteiger partial charge in [0.25, 0.3) is 0 Å². The van der Waals surface area contributed by atoms with Crippen LogP contribution in [0.1, 0.15) is 17.5 Å². The van der Waals surface area contributed by atoms with Gasteiger partial charge >= 0.3 is 0 Å². The summed E-state index contributed by atoms with van der Waals surface area (Å²) in [6.07, 6.45) is 2.67. The summed E-state index contributed by atoms with van der Waals surface area (Å²) in [4.78, 5) is 7.15. The van der Waals surface area contributed by atoms with E-state index in [-0.39, 0.29) is 5.82 Å². The highest BCUT2D eigenvalue weighted by molar-refractivity contribution is 9.10.